The van der Waals surface area contributed by atoms with Gasteiger partial charge in [0.2, 0.25) is 0 Å². The van der Waals surface area contributed by atoms with Crippen molar-refractivity contribution in [1.29, 1.82) is 0 Å². The Labute approximate surface area is 189 Å². The summed E-state index contributed by atoms with van der Waals surface area (Å²) in [6.07, 6.45) is 4.36. The monoisotopic (exact) mass is 463 g/mol. The molecule has 1 aliphatic rings. The van der Waals surface area contributed by atoms with Crippen molar-refractivity contribution in [1.82, 2.24) is 15.0 Å². The molecule has 1 N–H and O–H groups in total. The van der Waals surface area contributed by atoms with E-state index in [-0.39, 0.29) is 16.3 Å². The molecule has 0 saturated heterocycles. The maximum Gasteiger partial charge on any atom is 0.282 e. The Hall–Kier alpha value is -4.32. The molecule has 2 amide bonds. The molecule has 4 rings (SSSR count). The molecule has 0 bridgehead atoms. The number of nitrogens with one attached hydrogen (secondary N) is 1. The summed E-state index contributed by atoms with van der Waals surface area (Å²) in [5.74, 6) is -1.02. The first kappa shape index (κ1) is 21.9. The van der Waals surface area contributed by atoms with E-state index in [1.165, 1.54) is 61.1 Å². The molecule has 0 saturated carbocycles. The van der Waals surface area contributed by atoms with Crippen LogP contribution in [0.2, 0.25) is 0 Å². The van der Waals surface area contributed by atoms with Gasteiger partial charge in [0, 0.05) is 24.2 Å². The molecule has 1 aliphatic heterocycles. The van der Waals surface area contributed by atoms with E-state index in [9.17, 15) is 18.0 Å². The highest BCUT2D eigenvalue weighted by Gasteiger charge is 2.38. The maximum absolute atomic E-state index is 12.6. The van der Waals surface area contributed by atoms with Gasteiger partial charge in [-0.2, -0.15) is 20.3 Å². The van der Waals surface area contributed by atoms with E-state index >= 15 is 0 Å². The van der Waals surface area contributed by atoms with Crippen molar-refractivity contribution in [3.05, 3.63) is 78.8 Å². The standard InChI is InChI=1S/C21H17N7O4S/c1-14-19(21(30)28(26-14)20(29)15-9-12-22-13-10-15)25-24-16-5-7-17(8-6-16)33(31,32)27-18-4-2-3-11-23-18/h2-13,19H,1H3,(H,23,27)/t19-/m0/s1. The highest BCUT2D eigenvalue weighted by Crippen LogP contribution is 2.21. The summed E-state index contributed by atoms with van der Waals surface area (Å²) in [6.45, 7) is 1.57. The van der Waals surface area contributed by atoms with Crippen LogP contribution in [0.15, 0.2) is 93.4 Å². The number of anilines is 1. The predicted octanol–water partition coefficient (Wildman–Crippen LogP) is 2.79. The summed E-state index contributed by atoms with van der Waals surface area (Å²) in [5, 5.41) is 12.8. The number of amides is 2. The molecule has 11 nitrogen and oxygen atoms in total. The molecular formula is C21H17N7O4S. The minimum absolute atomic E-state index is 0.0101. The van der Waals surface area contributed by atoms with Crippen molar-refractivity contribution in [2.75, 3.05) is 4.72 Å². The second-order valence-electron chi connectivity index (χ2n) is 6.86. The van der Waals surface area contributed by atoms with Crippen molar-refractivity contribution in [3.63, 3.8) is 0 Å². The van der Waals surface area contributed by atoms with Crippen LogP contribution in [-0.2, 0) is 14.8 Å². The average Bonchev–Trinajstić information content (AvgIpc) is 3.11. The van der Waals surface area contributed by atoms with Gasteiger partial charge in [-0.25, -0.2) is 13.4 Å². The smallest absolute Gasteiger partial charge is 0.269 e. The van der Waals surface area contributed by atoms with E-state index in [0.29, 0.717) is 11.4 Å². The van der Waals surface area contributed by atoms with Crippen LogP contribution in [0.3, 0.4) is 0 Å². The van der Waals surface area contributed by atoms with Gasteiger partial charge in [0.25, 0.3) is 21.8 Å². The van der Waals surface area contributed by atoms with Crippen molar-refractivity contribution in [2.45, 2.75) is 17.9 Å². The van der Waals surface area contributed by atoms with Crippen LogP contribution >= 0.6 is 0 Å². The highest BCUT2D eigenvalue weighted by atomic mass is 32.2. The van der Waals surface area contributed by atoms with Crippen LogP contribution in [0.25, 0.3) is 0 Å². The Morgan fingerprint density at radius 3 is 2.42 bits per heavy atom. The number of azo groups is 1. The third-order valence-electron chi connectivity index (χ3n) is 4.56. The summed E-state index contributed by atoms with van der Waals surface area (Å²) in [6, 6.07) is 12.4. The zero-order valence-electron chi connectivity index (χ0n) is 17.2. The van der Waals surface area contributed by atoms with Gasteiger partial charge in [-0.1, -0.05) is 6.07 Å². The number of hydrogen-bond donors (Lipinski definition) is 1. The van der Waals surface area contributed by atoms with Crippen molar-refractivity contribution in [2.24, 2.45) is 15.3 Å². The van der Waals surface area contributed by atoms with E-state index in [1.807, 2.05) is 0 Å². The van der Waals surface area contributed by atoms with Crippen LogP contribution in [-0.4, -0.2) is 47.0 Å². The summed E-state index contributed by atoms with van der Waals surface area (Å²) < 4.78 is 27.3. The fourth-order valence-corrected chi connectivity index (χ4v) is 3.90. The highest BCUT2D eigenvalue weighted by molar-refractivity contribution is 7.92. The molecule has 1 aromatic carbocycles. The van der Waals surface area contributed by atoms with Gasteiger partial charge >= 0.3 is 0 Å². The first-order chi connectivity index (χ1) is 15.8. The van der Waals surface area contributed by atoms with Gasteiger partial charge in [0.1, 0.15) is 5.82 Å². The molecule has 2 aromatic heterocycles. The largest absolute Gasteiger partial charge is 0.282 e. The Morgan fingerprint density at radius 1 is 1.03 bits per heavy atom. The van der Waals surface area contributed by atoms with Gasteiger partial charge in [0.05, 0.1) is 16.3 Å². The quantitative estimate of drug-likeness (QED) is 0.439. The van der Waals surface area contributed by atoms with Crippen LogP contribution < -0.4 is 4.72 Å². The van der Waals surface area contributed by atoms with E-state index < -0.39 is 27.9 Å². The number of pyridine rings is 2. The fraction of sp³-hybridized carbons (Fsp3) is 0.0952. The second kappa shape index (κ2) is 9.04. The average molecular weight is 463 g/mol. The third-order valence-corrected chi connectivity index (χ3v) is 5.93. The van der Waals surface area contributed by atoms with Gasteiger partial charge in [-0.05, 0) is 55.5 Å². The number of hydrazone groups is 1. The first-order valence-corrected chi connectivity index (χ1v) is 11.1. The SMILES string of the molecule is CC1=NN(C(=O)c2ccncc2)C(=O)[C@H]1N=Nc1ccc(S(=O)(=O)Nc2ccccn2)cc1. The van der Waals surface area contributed by atoms with Crippen molar-refractivity contribution in [3.8, 4) is 0 Å². The van der Waals surface area contributed by atoms with Crippen molar-refractivity contribution >= 4 is 39.1 Å². The fourth-order valence-electron chi connectivity index (χ4n) is 2.89. The molecule has 33 heavy (non-hydrogen) atoms. The molecule has 12 heteroatoms. The van der Waals surface area contributed by atoms with Crippen molar-refractivity contribution < 1.29 is 18.0 Å². The number of benzene rings is 1. The zero-order valence-corrected chi connectivity index (χ0v) is 18.0. The number of carbonyl (C=O) groups is 2. The number of nitrogens with zero attached hydrogens (tertiary/aromatic N) is 6. The number of carbonyl (C=O) groups excluding carboxylic acids is 2. The molecule has 3 aromatic rings. The van der Waals surface area contributed by atoms with Gasteiger partial charge < -0.3 is 0 Å². The molecule has 3 heterocycles. The van der Waals surface area contributed by atoms with Gasteiger partial charge in [-0.3, -0.25) is 19.3 Å². The lowest BCUT2D eigenvalue weighted by Crippen LogP contribution is -2.34. The number of aromatic nitrogens is 2. The van der Waals surface area contributed by atoms with E-state index in [0.717, 1.165) is 5.01 Å². The second-order valence-corrected chi connectivity index (χ2v) is 8.55. The van der Waals surface area contributed by atoms with Gasteiger partial charge in [0.15, 0.2) is 6.04 Å². The molecule has 0 unspecified atom stereocenters. The van der Waals surface area contributed by atoms with Crippen LogP contribution in [0.1, 0.15) is 17.3 Å². The van der Waals surface area contributed by atoms with Crippen LogP contribution in [0.5, 0.6) is 0 Å². The number of hydrogen-bond acceptors (Lipinski definition) is 9. The summed E-state index contributed by atoms with van der Waals surface area (Å²) >= 11 is 0. The first-order valence-electron chi connectivity index (χ1n) is 9.63. The Balaban J connectivity index is 1.45. The molecule has 1 atom stereocenters. The Morgan fingerprint density at radius 2 is 1.76 bits per heavy atom. The molecule has 0 spiro atoms. The Bertz CT molecular complexity index is 1340. The maximum atomic E-state index is 12.6. The van der Waals surface area contributed by atoms with Crippen LogP contribution in [0.4, 0.5) is 11.5 Å². The lowest BCUT2D eigenvalue weighted by atomic mass is 10.2. The third kappa shape index (κ3) is 4.80. The summed E-state index contributed by atoms with van der Waals surface area (Å²) in [5.41, 5.74) is 0.903. The molecule has 0 fully saturated rings. The molecular weight excluding hydrogens is 446 g/mol. The van der Waals surface area contributed by atoms with E-state index in [2.05, 4.69) is 30.0 Å². The minimum Gasteiger partial charge on any atom is -0.269 e. The number of rotatable bonds is 6. The molecule has 0 aliphatic carbocycles. The summed E-state index contributed by atoms with van der Waals surface area (Å²) in [4.78, 5) is 32.9. The summed E-state index contributed by atoms with van der Waals surface area (Å²) in [7, 11) is -3.83. The Kier molecular flexibility index (Phi) is 6.00. The molecule has 0 radical (unpaired) electrons. The van der Waals surface area contributed by atoms with E-state index in [4.69, 9.17) is 0 Å². The molecule has 166 valence electrons. The lowest BCUT2D eigenvalue weighted by molar-refractivity contribution is -0.127. The van der Waals surface area contributed by atoms with Gasteiger partial charge in [-0.15, -0.1) is 0 Å². The van der Waals surface area contributed by atoms with Crippen LogP contribution in [0, 0.1) is 0 Å². The predicted molar refractivity (Wildman–Crippen MR) is 118 cm³/mol. The normalized spacial score (nSPS) is 16.2. The topological polar surface area (TPSA) is 146 Å². The van der Waals surface area contributed by atoms with E-state index in [1.54, 1.807) is 19.1 Å². The minimum atomic E-state index is -3.83. The zero-order chi connectivity index (χ0) is 23.4. The lowest BCUT2D eigenvalue weighted by Gasteiger charge is -2.10. The number of imide groups is 1. The number of sulfonamides is 1.